The summed E-state index contributed by atoms with van der Waals surface area (Å²) in [5.41, 5.74) is 0. The number of hydrogen-bond acceptors (Lipinski definition) is 8. The Balaban J connectivity index is 2.25. The van der Waals surface area contributed by atoms with Crippen molar-refractivity contribution in [3.8, 4) is 0 Å². The van der Waals surface area contributed by atoms with Crippen LogP contribution in [0.25, 0.3) is 0 Å². The maximum absolute atomic E-state index is 13.0. The second-order valence-electron chi connectivity index (χ2n) is 19.4. The predicted octanol–water partition coefficient (Wildman–Crippen LogP) is 13.2. The van der Waals surface area contributed by atoms with Crippen LogP contribution in [0.5, 0.6) is 0 Å². The van der Waals surface area contributed by atoms with E-state index >= 15 is 0 Å². The average molecular weight is 920 g/mol. The molecule has 0 radical (unpaired) electrons. The van der Waals surface area contributed by atoms with Gasteiger partial charge in [-0.2, -0.15) is 0 Å². The normalized spacial score (nSPS) is 20.1. The third-order valence-corrected chi connectivity index (χ3v) is 13.2. The molecule has 0 aromatic heterocycles. The molecule has 382 valence electrons. The van der Waals surface area contributed by atoms with E-state index in [1.807, 2.05) is 6.08 Å². The molecule has 0 saturated carbocycles. The van der Waals surface area contributed by atoms with Crippen LogP contribution in [0.3, 0.4) is 0 Å². The van der Waals surface area contributed by atoms with Gasteiger partial charge < -0.3 is 40.3 Å². The Hall–Kier alpha value is -1.59. The highest BCUT2D eigenvalue weighted by atomic mass is 16.7. The first kappa shape index (κ1) is 61.4. The maximum Gasteiger partial charge on any atom is 0.220 e. The van der Waals surface area contributed by atoms with Gasteiger partial charge in [0.25, 0.3) is 0 Å². The number of rotatable bonds is 47. The highest BCUT2D eigenvalue weighted by molar-refractivity contribution is 5.76. The minimum atomic E-state index is -1.57. The topological polar surface area (TPSA) is 149 Å². The fraction of sp³-hybridized carbons (Fsp3) is 0.875. The number of carbonyl (C=O) groups excluding carboxylic acids is 1. The fourth-order valence-corrected chi connectivity index (χ4v) is 8.80. The maximum atomic E-state index is 13.0. The van der Waals surface area contributed by atoms with Gasteiger partial charge >= 0.3 is 0 Å². The average Bonchev–Trinajstić information content (AvgIpc) is 3.31. The minimum Gasteiger partial charge on any atom is -0.394 e. The molecule has 0 aromatic rings. The standard InChI is InChI=1S/C56H105NO8/c1-3-5-7-9-11-13-15-17-19-21-23-24-25-26-28-29-31-33-35-37-39-41-43-45-50(59)49(48-64-56-55(63)54(62)53(61)51(47-58)65-56)57-52(60)46-44-42-40-38-36-34-32-30-27-22-20-18-16-14-12-10-8-6-4-2/h12,14,16,18,43,45,49-51,53-56,58-59,61-63H,3-11,13,15,17,19-42,44,46-48H2,1-2H3,(H,57,60)/b14-12-,18-16-,45-43+. The van der Waals surface area contributed by atoms with Gasteiger partial charge in [0.15, 0.2) is 6.29 Å². The molecule has 7 atom stereocenters. The van der Waals surface area contributed by atoms with Crippen LogP contribution in [0, 0.1) is 0 Å². The first-order valence-corrected chi connectivity index (χ1v) is 27.7. The summed E-state index contributed by atoms with van der Waals surface area (Å²) in [5, 5.41) is 54.5. The molecule has 0 aromatic carbocycles. The number of aliphatic hydroxyl groups excluding tert-OH is 5. The van der Waals surface area contributed by atoms with Crippen LogP contribution in [0.4, 0.5) is 0 Å². The first-order chi connectivity index (χ1) is 31.8. The number of carbonyl (C=O) groups is 1. The molecule has 65 heavy (non-hydrogen) atoms. The number of aliphatic hydroxyl groups is 5. The third-order valence-electron chi connectivity index (χ3n) is 13.2. The van der Waals surface area contributed by atoms with Crippen molar-refractivity contribution in [1.82, 2.24) is 5.32 Å². The molecule has 9 nitrogen and oxygen atoms in total. The molecular formula is C56H105NO8. The molecule has 9 heteroatoms. The van der Waals surface area contributed by atoms with E-state index in [9.17, 15) is 30.3 Å². The van der Waals surface area contributed by atoms with E-state index in [1.54, 1.807) is 6.08 Å². The summed E-state index contributed by atoms with van der Waals surface area (Å²) in [5.74, 6) is -0.179. The van der Waals surface area contributed by atoms with Crippen LogP contribution in [0.15, 0.2) is 36.5 Å². The van der Waals surface area contributed by atoms with Crippen molar-refractivity contribution < 1.29 is 39.8 Å². The zero-order chi connectivity index (χ0) is 47.3. The Morgan fingerprint density at radius 3 is 1.32 bits per heavy atom. The molecule has 1 saturated heterocycles. The van der Waals surface area contributed by atoms with Crippen molar-refractivity contribution in [1.29, 1.82) is 0 Å². The smallest absolute Gasteiger partial charge is 0.220 e. The fourth-order valence-electron chi connectivity index (χ4n) is 8.80. The molecular weight excluding hydrogens is 815 g/mol. The van der Waals surface area contributed by atoms with Gasteiger partial charge in [-0.15, -0.1) is 0 Å². The lowest BCUT2D eigenvalue weighted by Crippen LogP contribution is -2.60. The number of ether oxygens (including phenoxy) is 2. The van der Waals surface area contributed by atoms with Crippen LogP contribution >= 0.6 is 0 Å². The summed E-state index contributed by atoms with van der Waals surface area (Å²) >= 11 is 0. The molecule has 0 aliphatic carbocycles. The zero-order valence-electron chi connectivity index (χ0n) is 42.3. The Labute approximate surface area is 400 Å². The van der Waals surface area contributed by atoms with Crippen molar-refractivity contribution in [2.24, 2.45) is 0 Å². The SMILES string of the molecule is CCCCC/C=C\C=C/CCCCCCCCCCCCC(=O)NC(COC1OC(CO)C(O)C(O)C1O)C(O)/C=C/CCCCCCCCCCCCCCCCCCCCCCC. The van der Waals surface area contributed by atoms with Crippen molar-refractivity contribution >= 4 is 5.91 Å². The van der Waals surface area contributed by atoms with Gasteiger partial charge in [0.1, 0.15) is 24.4 Å². The van der Waals surface area contributed by atoms with Gasteiger partial charge in [0.05, 0.1) is 25.4 Å². The van der Waals surface area contributed by atoms with Crippen molar-refractivity contribution in [3.63, 3.8) is 0 Å². The van der Waals surface area contributed by atoms with Crippen LogP contribution in [0.2, 0.25) is 0 Å². The molecule has 1 amide bonds. The van der Waals surface area contributed by atoms with E-state index in [2.05, 4.69) is 43.5 Å². The Bertz CT molecular complexity index is 1110. The summed E-state index contributed by atoms with van der Waals surface area (Å²) < 4.78 is 11.3. The Kier molecular flexibility index (Phi) is 43.6. The summed E-state index contributed by atoms with van der Waals surface area (Å²) in [6, 6.07) is -0.806. The number of hydrogen-bond donors (Lipinski definition) is 6. The molecule has 0 bridgehead atoms. The largest absolute Gasteiger partial charge is 0.394 e. The molecule has 1 heterocycles. The summed E-state index contributed by atoms with van der Waals surface area (Å²) in [4.78, 5) is 13.0. The lowest BCUT2D eigenvalue weighted by Gasteiger charge is -2.40. The quantitative estimate of drug-likeness (QED) is 0.0201. The number of nitrogens with one attached hydrogen (secondary N) is 1. The van der Waals surface area contributed by atoms with Crippen LogP contribution < -0.4 is 5.32 Å². The molecule has 1 aliphatic rings. The minimum absolute atomic E-state index is 0.179. The lowest BCUT2D eigenvalue weighted by molar-refractivity contribution is -0.302. The third kappa shape index (κ3) is 36.1. The second-order valence-corrected chi connectivity index (χ2v) is 19.4. The summed E-state index contributed by atoms with van der Waals surface area (Å²) in [6.07, 6.45) is 52.0. The number of unbranched alkanes of at least 4 members (excludes halogenated alkanes) is 34. The Morgan fingerprint density at radius 2 is 0.892 bits per heavy atom. The first-order valence-electron chi connectivity index (χ1n) is 27.7. The van der Waals surface area contributed by atoms with Crippen LogP contribution in [-0.2, 0) is 14.3 Å². The number of amides is 1. The molecule has 0 spiro atoms. The summed E-state index contributed by atoms with van der Waals surface area (Å²) in [6.45, 7) is 3.77. The Morgan fingerprint density at radius 1 is 0.523 bits per heavy atom. The molecule has 6 N–H and O–H groups in total. The predicted molar refractivity (Wildman–Crippen MR) is 272 cm³/mol. The van der Waals surface area contributed by atoms with Gasteiger partial charge in [-0.1, -0.05) is 243 Å². The van der Waals surface area contributed by atoms with Gasteiger partial charge in [-0.25, -0.2) is 0 Å². The van der Waals surface area contributed by atoms with E-state index in [-0.39, 0.29) is 12.5 Å². The van der Waals surface area contributed by atoms with Crippen molar-refractivity contribution in [3.05, 3.63) is 36.5 Å². The molecule has 7 unspecified atom stereocenters. The lowest BCUT2D eigenvalue weighted by atomic mass is 9.99. The van der Waals surface area contributed by atoms with Crippen molar-refractivity contribution in [2.45, 2.75) is 301 Å². The van der Waals surface area contributed by atoms with Gasteiger partial charge in [-0.3, -0.25) is 4.79 Å². The highest BCUT2D eigenvalue weighted by Crippen LogP contribution is 2.23. The van der Waals surface area contributed by atoms with E-state index in [4.69, 9.17) is 9.47 Å². The highest BCUT2D eigenvalue weighted by Gasteiger charge is 2.44. The summed E-state index contributed by atoms with van der Waals surface area (Å²) in [7, 11) is 0. The van der Waals surface area contributed by atoms with E-state index in [1.165, 1.54) is 193 Å². The second kappa shape index (κ2) is 46.2. The zero-order valence-corrected chi connectivity index (χ0v) is 42.3. The molecule has 1 aliphatic heterocycles. The van der Waals surface area contributed by atoms with Crippen molar-refractivity contribution in [2.75, 3.05) is 13.2 Å². The van der Waals surface area contributed by atoms with E-state index in [0.717, 1.165) is 44.9 Å². The van der Waals surface area contributed by atoms with Crippen LogP contribution in [0.1, 0.15) is 258 Å². The van der Waals surface area contributed by atoms with Gasteiger partial charge in [0, 0.05) is 6.42 Å². The monoisotopic (exact) mass is 920 g/mol. The molecule has 1 rings (SSSR count). The van der Waals surface area contributed by atoms with E-state index in [0.29, 0.717) is 6.42 Å². The van der Waals surface area contributed by atoms with Gasteiger partial charge in [0.2, 0.25) is 5.91 Å². The van der Waals surface area contributed by atoms with Crippen LogP contribution in [-0.4, -0.2) is 87.5 Å². The van der Waals surface area contributed by atoms with Gasteiger partial charge in [-0.05, 0) is 44.9 Å². The number of allylic oxidation sites excluding steroid dienone is 5. The van der Waals surface area contributed by atoms with E-state index < -0.39 is 49.5 Å². The molecule has 1 fully saturated rings.